The van der Waals surface area contributed by atoms with E-state index in [9.17, 15) is 4.79 Å². The molecule has 0 aromatic rings. The molecule has 0 radical (unpaired) electrons. The topological polar surface area (TPSA) is 46.3 Å². The number of likely N-dealkylation sites (tertiary alicyclic amines) is 1. The van der Waals surface area contributed by atoms with Gasteiger partial charge in [-0.05, 0) is 18.8 Å². The summed E-state index contributed by atoms with van der Waals surface area (Å²) in [4.78, 5) is 13.9. The summed E-state index contributed by atoms with van der Waals surface area (Å²) in [6, 6.07) is 0.0146. The largest absolute Gasteiger partial charge is 0.343 e. The first-order chi connectivity index (χ1) is 7.11. The lowest BCUT2D eigenvalue weighted by molar-refractivity contribution is -0.131. The van der Waals surface area contributed by atoms with Crippen molar-refractivity contribution in [1.82, 2.24) is 4.90 Å². The van der Waals surface area contributed by atoms with E-state index in [4.69, 9.17) is 5.73 Å². The van der Waals surface area contributed by atoms with Crippen LogP contribution in [0.15, 0.2) is 0 Å². The summed E-state index contributed by atoms with van der Waals surface area (Å²) in [5.41, 5.74) is 5.92. The highest BCUT2D eigenvalue weighted by Gasteiger charge is 2.19. The van der Waals surface area contributed by atoms with E-state index in [2.05, 4.69) is 13.8 Å². The molecule has 88 valence electrons. The third kappa shape index (κ3) is 4.20. The summed E-state index contributed by atoms with van der Waals surface area (Å²) >= 11 is 0. The summed E-state index contributed by atoms with van der Waals surface area (Å²) in [5, 5.41) is 0. The van der Waals surface area contributed by atoms with Gasteiger partial charge in [-0.15, -0.1) is 0 Å². The normalized spacial score (nSPS) is 20.1. The number of amides is 1. The lowest BCUT2D eigenvalue weighted by atomic mass is 10.0. The lowest BCUT2D eigenvalue weighted by Gasteiger charge is -2.23. The van der Waals surface area contributed by atoms with E-state index in [1.807, 2.05) is 4.90 Å². The van der Waals surface area contributed by atoms with Crippen LogP contribution >= 0.6 is 0 Å². The molecule has 1 rings (SSSR count). The molecular weight excluding hydrogens is 188 g/mol. The zero-order valence-electron chi connectivity index (χ0n) is 10.0. The standard InChI is InChI=1S/C12H24N2O/c1-10(2)11(13)9-12(15)14-7-5-3-4-6-8-14/h10-11H,3-9,13H2,1-2H3. The van der Waals surface area contributed by atoms with E-state index in [0.29, 0.717) is 12.3 Å². The molecule has 1 atom stereocenters. The summed E-state index contributed by atoms with van der Waals surface area (Å²) in [6.07, 6.45) is 5.35. The van der Waals surface area contributed by atoms with Crippen molar-refractivity contribution in [3.8, 4) is 0 Å². The second-order valence-corrected chi connectivity index (χ2v) is 4.91. The number of hydrogen-bond donors (Lipinski definition) is 1. The van der Waals surface area contributed by atoms with Crippen molar-refractivity contribution in [1.29, 1.82) is 0 Å². The first-order valence-electron chi connectivity index (χ1n) is 6.14. The van der Waals surface area contributed by atoms with Gasteiger partial charge in [0.15, 0.2) is 0 Å². The Hall–Kier alpha value is -0.570. The average Bonchev–Trinajstić information content (AvgIpc) is 2.45. The Morgan fingerprint density at radius 3 is 2.20 bits per heavy atom. The van der Waals surface area contributed by atoms with Gasteiger partial charge in [0, 0.05) is 25.6 Å². The van der Waals surface area contributed by atoms with Crippen LogP contribution in [0, 0.1) is 5.92 Å². The molecule has 1 amide bonds. The Bertz CT molecular complexity index is 196. The van der Waals surface area contributed by atoms with Crippen molar-refractivity contribution < 1.29 is 4.79 Å². The Labute approximate surface area is 93.0 Å². The minimum atomic E-state index is 0.0146. The van der Waals surface area contributed by atoms with Crippen LogP contribution in [0.2, 0.25) is 0 Å². The van der Waals surface area contributed by atoms with Crippen molar-refractivity contribution in [3.63, 3.8) is 0 Å². The molecule has 0 aliphatic carbocycles. The molecule has 0 aromatic carbocycles. The molecule has 3 heteroatoms. The molecule has 2 N–H and O–H groups in total. The summed E-state index contributed by atoms with van der Waals surface area (Å²) < 4.78 is 0. The van der Waals surface area contributed by atoms with Gasteiger partial charge in [-0.3, -0.25) is 4.79 Å². The maximum atomic E-state index is 11.9. The van der Waals surface area contributed by atoms with Crippen LogP contribution in [0.3, 0.4) is 0 Å². The lowest BCUT2D eigenvalue weighted by Crippen LogP contribution is -2.38. The van der Waals surface area contributed by atoms with Crippen molar-refractivity contribution in [2.75, 3.05) is 13.1 Å². The van der Waals surface area contributed by atoms with Gasteiger partial charge in [0.1, 0.15) is 0 Å². The third-order valence-corrected chi connectivity index (χ3v) is 3.23. The SMILES string of the molecule is CC(C)C(N)CC(=O)N1CCCCCC1. The fourth-order valence-electron chi connectivity index (χ4n) is 1.89. The minimum Gasteiger partial charge on any atom is -0.343 e. The van der Waals surface area contributed by atoms with Crippen molar-refractivity contribution >= 4 is 5.91 Å². The summed E-state index contributed by atoms with van der Waals surface area (Å²) in [6.45, 7) is 6.01. The molecule has 1 fully saturated rings. The second kappa shape index (κ2) is 6.11. The minimum absolute atomic E-state index is 0.0146. The van der Waals surface area contributed by atoms with Gasteiger partial charge in [0.2, 0.25) is 5.91 Å². The Kier molecular flexibility index (Phi) is 5.09. The van der Waals surface area contributed by atoms with Crippen LogP contribution in [-0.2, 0) is 4.79 Å². The highest BCUT2D eigenvalue weighted by atomic mass is 16.2. The van der Waals surface area contributed by atoms with Gasteiger partial charge in [0.05, 0.1) is 0 Å². The summed E-state index contributed by atoms with van der Waals surface area (Å²) in [5.74, 6) is 0.638. The molecule has 3 nitrogen and oxygen atoms in total. The molecule has 1 aliphatic heterocycles. The molecule has 0 spiro atoms. The molecule has 0 saturated carbocycles. The Balaban J connectivity index is 2.37. The average molecular weight is 212 g/mol. The molecule has 0 aromatic heterocycles. The Morgan fingerprint density at radius 1 is 1.20 bits per heavy atom. The second-order valence-electron chi connectivity index (χ2n) is 4.91. The molecule has 0 bridgehead atoms. The smallest absolute Gasteiger partial charge is 0.224 e. The van der Waals surface area contributed by atoms with Gasteiger partial charge in [-0.1, -0.05) is 26.7 Å². The predicted octanol–water partition coefficient (Wildman–Crippen LogP) is 1.76. The molecule has 1 heterocycles. The van der Waals surface area contributed by atoms with Gasteiger partial charge >= 0.3 is 0 Å². The molecular formula is C12H24N2O. The first kappa shape index (κ1) is 12.5. The highest BCUT2D eigenvalue weighted by molar-refractivity contribution is 5.76. The zero-order chi connectivity index (χ0) is 11.3. The number of carbonyl (C=O) groups excluding carboxylic acids is 1. The van der Waals surface area contributed by atoms with Gasteiger partial charge < -0.3 is 10.6 Å². The van der Waals surface area contributed by atoms with E-state index in [1.54, 1.807) is 0 Å². The van der Waals surface area contributed by atoms with Crippen LogP contribution < -0.4 is 5.73 Å². The first-order valence-corrected chi connectivity index (χ1v) is 6.14. The van der Waals surface area contributed by atoms with Crippen LogP contribution in [0.4, 0.5) is 0 Å². The molecule has 1 saturated heterocycles. The van der Waals surface area contributed by atoms with Crippen LogP contribution in [-0.4, -0.2) is 29.9 Å². The van der Waals surface area contributed by atoms with Gasteiger partial charge in [-0.25, -0.2) is 0 Å². The fraction of sp³-hybridized carbons (Fsp3) is 0.917. The monoisotopic (exact) mass is 212 g/mol. The predicted molar refractivity (Wildman–Crippen MR) is 62.5 cm³/mol. The van der Waals surface area contributed by atoms with Crippen LogP contribution in [0.25, 0.3) is 0 Å². The summed E-state index contributed by atoms with van der Waals surface area (Å²) in [7, 11) is 0. The number of nitrogens with zero attached hydrogens (tertiary/aromatic N) is 1. The van der Waals surface area contributed by atoms with E-state index < -0.39 is 0 Å². The number of carbonyl (C=O) groups is 1. The van der Waals surface area contributed by atoms with Gasteiger partial charge in [-0.2, -0.15) is 0 Å². The maximum Gasteiger partial charge on any atom is 0.224 e. The highest BCUT2D eigenvalue weighted by Crippen LogP contribution is 2.12. The van der Waals surface area contributed by atoms with E-state index >= 15 is 0 Å². The zero-order valence-corrected chi connectivity index (χ0v) is 10.0. The van der Waals surface area contributed by atoms with Crippen LogP contribution in [0.5, 0.6) is 0 Å². The molecule has 1 aliphatic rings. The fourth-order valence-corrected chi connectivity index (χ4v) is 1.89. The van der Waals surface area contributed by atoms with E-state index in [-0.39, 0.29) is 11.9 Å². The van der Waals surface area contributed by atoms with Crippen molar-refractivity contribution in [3.05, 3.63) is 0 Å². The number of rotatable bonds is 3. The maximum absolute atomic E-state index is 11.9. The number of hydrogen-bond acceptors (Lipinski definition) is 2. The van der Waals surface area contributed by atoms with E-state index in [1.165, 1.54) is 12.8 Å². The van der Waals surface area contributed by atoms with Crippen LogP contribution in [0.1, 0.15) is 46.0 Å². The Morgan fingerprint density at radius 2 is 1.73 bits per heavy atom. The van der Waals surface area contributed by atoms with Crippen molar-refractivity contribution in [2.45, 2.75) is 52.0 Å². The quantitative estimate of drug-likeness (QED) is 0.775. The van der Waals surface area contributed by atoms with Crippen molar-refractivity contribution in [2.24, 2.45) is 11.7 Å². The molecule has 1 unspecified atom stereocenters. The molecule has 15 heavy (non-hydrogen) atoms. The van der Waals surface area contributed by atoms with Gasteiger partial charge in [0.25, 0.3) is 0 Å². The third-order valence-electron chi connectivity index (χ3n) is 3.23. The number of nitrogens with two attached hydrogens (primary N) is 1. The van der Waals surface area contributed by atoms with E-state index in [0.717, 1.165) is 25.9 Å².